The number of thioether (sulfide) groups is 1. The minimum absolute atomic E-state index is 0.333. The Kier molecular flexibility index (Phi) is 7.21. The lowest BCUT2D eigenvalue weighted by atomic mass is 9.94. The van der Waals surface area contributed by atoms with Gasteiger partial charge in [0.05, 0.1) is 22.4 Å². The van der Waals surface area contributed by atoms with Gasteiger partial charge in [-0.3, -0.25) is 4.57 Å². The van der Waals surface area contributed by atoms with Gasteiger partial charge in [-0.1, -0.05) is 18.2 Å². The molecule has 0 fully saturated rings. The van der Waals surface area contributed by atoms with E-state index in [-0.39, 0.29) is 5.82 Å². The van der Waals surface area contributed by atoms with Gasteiger partial charge >= 0.3 is 0 Å². The van der Waals surface area contributed by atoms with Crippen molar-refractivity contribution in [3.05, 3.63) is 125 Å². The number of aromatic nitrogens is 4. The van der Waals surface area contributed by atoms with Gasteiger partial charge in [-0.25, -0.2) is 14.1 Å². The maximum absolute atomic E-state index is 14.3. The number of benzene rings is 4. The lowest BCUT2D eigenvalue weighted by molar-refractivity contribution is 0.482. The number of fused-ring (bicyclic) bond motifs is 3. The van der Waals surface area contributed by atoms with Crippen molar-refractivity contribution in [3.8, 4) is 34.1 Å². The zero-order valence-corrected chi connectivity index (χ0v) is 27.0. The molecule has 0 radical (unpaired) electrons. The maximum Gasteiger partial charge on any atom is 0.140 e. The zero-order valence-electron chi connectivity index (χ0n) is 26.1. The standard InChI is InChI=1S/C38H33FN4OS/c1-22-15-28(43-26(5)38(25(4)41-43)37-23(2)17-31(45-6)18-24(37)3)20-30(16-22)44-29-11-12-33-32-9-7-8-10-34(32)42(35(33)21-29)36-19-27(39)13-14-40-36/h7-21H,1-6H3. The minimum Gasteiger partial charge on any atom is -0.457 e. The molecule has 3 aromatic heterocycles. The van der Waals surface area contributed by atoms with Crippen molar-refractivity contribution in [2.45, 2.75) is 39.5 Å². The Bertz CT molecular complexity index is 2240. The van der Waals surface area contributed by atoms with Crippen LogP contribution >= 0.6 is 11.8 Å². The van der Waals surface area contributed by atoms with E-state index in [2.05, 4.69) is 76.2 Å². The molecule has 0 amide bonds. The molecule has 0 saturated carbocycles. The number of ether oxygens (including phenoxy) is 1. The predicted molar refractivity (Wildman–Crippen MR) is 183 cm³/mol. The molecule has 0 aliphatic carbocycles. The van der Waals surface area contributed by atoms with Gasteiger partial charge < -0.3 is 4.74 Å². The highest BCUT2D eigenvalue weighted by atomic mass is 32.2. The summed E-state index contributed by atoms with van der Waals surface area (Å²) in [5.74, 6) is 1.57. The number of halogens is 1. The van der Waals surface area contributed by atoms with Crippen molar-refractivity contribution >= 4 is 33.6 Å². The Balaban J connectivity index is 1.30. The smallest absolute Gasteiger partial charge is 0.140 e. The first kappa shape index (κ1) is 28.9. The fraction of sp³-hybridized carbons (Fsp3) is 0.158. The van der Waals surface area contributed by atoms with Crippen molar-refractivity contribution in [1.82, 2.24) is 19.3 Å². The van der Waals surface area contributed by atoms with Crippen molar-refractivity contribution in [2.75, 3.05) is 6.26 Å². The van der Waals surface area contributed by atoms with Gasteiger partial charge in [0.15, 0.2) is 0 Å². The summed E-state index contributed by atoms with van der Waals surface area (Å²) < 4.78 is 24.8. The molecule has 3 heterocycles. The molecule has 224 valence electrons. The summed E-state index contributed by atoms with van der Waals surface area (Å²) in [6.07, 6.45) is 3.60. The summed E-state index contributed by atoms with van der Waals surface area (Å²) in [6.45, 7) is 10.6. The second-order valence-electron chi connectivity index (χ2n) is 11.6. The number of nitrogens with zero attached hydrogens (tertiary/aromatic N) is 4. The summed E-state index contributed by atoms with van der Waals surface area (Å²) in [5, 5.41) is 7.11. The van der Waals surface area contributed by atoms with Gasteiger partial charge in [0, 0.05) is 51.3 Å². The van der Waals surface area contributed by atoms with E-state index in [9.17, 15) is 4.39 Å². The molecule has 0 aliphatic rings. The number of aryl methyl sites for hydroxylation is 4. The molecule has 4 aromatic carbocycles. The van der Waals surface area contributed by atoms with E-state index in [1.54, 1.807) is 11.8 Å². The summed E-state index contributed by atoms with van der Waals surface area (Å²) in [7, 11) is 0. The van der Waals surface area contributed by atoms with E-state index in [0.29, 0.717) is 17.3 Å². The fourth-order valence-corrected chi connectivity index (χ4v) is 7.10. The first-order valence-electron chi connectivity index (χ1n) is 14.9. The third-order valence-electron chi connectivity index (χ3n) is 8.38. The van der Waals surface area contributed by atoms with Gasteiger partial charge in [0.1, 0.15) is 23.1 Å². The topological polar surface area (TPSA) is 44.9 Å². The highest BCUT2D eigenvalue weighted by Crippen LogP contribution is 2.38. The number of pyridine rings is 1. The normalized spacial score (nSPS) is 11.5. The zero-order chi connectivity index (χ0) is 31.4. The van der Waals surface area contributed by atoms with Crippen LogP contribution < -0.4 is 4.74 Å². The molecule has 45 heavy (non-hydrogen) atoms. The summed E-state index contributed by atoms with van der Waals surface area (Å²) in [6, 6.07) is 27.6. The molecule has 0 bridgehead atoms. The quantitative estimate of drug-likeness (QED) is 0.175. The Morgan fingerprint density at radius 2 is 1.49 bits per heavy atom. The third kappa shape index (κ3) is 5.07. The van der Waals surface area contributed by atoms with Gasteiger partial charge in [-0.15, -0.1) is 11.8 Å². The van der Waals surface area contributed by atoms with E-state index in [4.69, 9.17) is 9.84 Å². The average Bonchev–Trinajstić information content (AvgIpc) is 3.49. The molecule has 0 N–H and O–H groups in total. The maximum atomic E-state index is 14.3. The van der Waals surface area contributed by atoms with Crippen molar-refractivity contribution in [1.29, 1.82) is 0 Å². The molecule has 0 unspecified atom stereocenters. The van der Waals surface area contributed by atoms with Gasteiger partial charge in [-0.05, 0) is 112 Å². The molecule has 7 rings (SSSR count). The SMILES string of the molecule is CSc1cc(C)c(-c2c(C)nn(-c3cc(C)cc(Oc4ccc5c6ccccc6n(-c6cc(F)ccn6)c5c4)c3)c2C)c(C)c1. The van der Waals surface area contributed by atoms with Crippen LogP contribution in [0.25, 0.3) is 44.4 Å². The van der Waals surface area contributed by atoms with Crippen molar-refractivity contribution in [2.24, 2.45) is 0 Å². The Morgan fingerprint density at radius 3 is 2.24 bits per heavy atom. The number of hydrogen-bond acceptors (Lipinski definition) is 4. The number of para-hydroxylation sites is 1. The van der Waals surface area contributed by atoms with Crippen LogP contribution in [-0.4, -0.2) is 25.6 Å². The van der Waals surface area contributed by atoms with Gasteiger partial charge in [0.25, 0.3) is 0 Å². The number of rotatable bonds is 6. The Morgan fingerprint density at radius 1 is 0.733 bits per heavy atom. The van der Waals surface area contributed by atoms with Crippen molar-refractivity contribution < 1.29 is 9.13 Å². The van der Waals surface area contributed by atoms with Gasteiger partial charge in [0.2, 0.25) is 0 Å². The van der Waals surface area contributed by atoms with Crippen LogP contribution in [0.1, 0.15) is 28.1 Å². The highest BCUT2D eigenvalue weighted by Gasteiger charge is 2.20. The molecule has 0 aliphatic heterocycles. The monoisotopic (exact) mass is 612 g/mol. The summed E-state index contributed by atoms with van der Waals surface area (Å²) in [4.78, 5) is 5.75. The molecule has 0 saturated heterocycles. The molecule has 0 atom stereocenters. The molecule has 7 aromatic rings. The van der Waals surface area contributed by atoms with Crippen LogP contribution in [0.15, 0.2) is 96.0 Å². The lowest BCUT2D eigenvalue weighted by Crippen LogP contribution is -2.01. The Hall–Kier alpha value is -4.88. The molecule has 5 nitrogen and oxygen atoms in total. The average molecular weight is 613 g/mol. The summed E-state index contributed by atoms with van der Waals surface area (Å²) >= 11 is 1.76. The van der Waals surface area contributed by atoms with Crippen LogP contribution in [0.2, 0.25) is 0 Å². The van der Waals surface area contributed by atoms with Crippen LogP contribution in [0.5, 0.6) is 11.5 Å². The fourth-order valence-electron chi connectivity index (χ4n) is 6.51. The van der Waals surface area contributed by atoms with E-state index in [1.165, 1.54) is 45.5 Å². The molecule has 7 heteroatoms. The van der Waals surface area contributed by atoms with Crippen LogP contribution in [0, 0.1) is 40.4 Å². The van der Waals surface area contributed by atoms with Gasteiger partial charge in [-0.2, -0.15) is 5.10 Å². The first-order chi connectivity index (χ1) is 21.7. The van der Waals surface area contributed by atoms with Crippen molar-refractivity contribution in [3.63, 3.8) is 0 Å². The summed E-state index contributed by atoms with van der Waals surface area (Å²) in [5.41, 5.74) is 10.8. The third-order valence-corrected chi connectivity index (χ3v) is 9.09. The minimum atomic E-state index is -0.333. The highest BCUT2D eigenvalue weighted by molar-refractivity contribution is 7.98. The largest absolute Gasteiger partial charge is 0.457 e. The van der Waals surface area contributed by atoms with E-state index < -0.39 is 0 Å². The first-order valence-corrected chi connectivity index (χ1v) is 16.1. The van der Waals surface area contributed by atoms with Crippen LogP contribution in [0.3, 0.4) is 0 Å². The second kappa shape index (κ2) is 11.2. The second-order valence-corrected chi connectivity index (χ2v) is 12.4. The molecular formula is C38H33FN4OS. The predicted octanol–water partition coefficient (Wildman–Crippen LogP) is 10.2. The lowest BCUT2D eigenvalue weighted by Gasteiger charge is -2.14. The molecule has 0 spiro atoms. The van der Waals surface area contributed by atoms with E-state index >= 15 is 0 Å². The molecular weight excluding hydrogens is 580 g/mol. The van der Waals surface area contributed by atoms with E-state index in [0.717, 1.165) is 44.4 Å². The number of hydrogen-bond donors (Lipinski definition) is 0. The Labute approximate surface area is 266 Å². The van der Waals surface area contributed by atoms with Crippen LogP contribution in [-0.2, 0) is 0 Å². The van der Waals surface area contributed by atoms with Crippen LogP contribution in [0.4, 0.5) is 4.39 Å². The van der Waals surface area contributed by atoms with E-state index in [1.807, 2.05) is 51.7 Å².